The van der Waals surface area contributed by atoms with E-state index in [1.54, 1.807) is 36.1 Å². The molecule has 146 valence electrons. The summed E-state index contributed by atoms with van der Waals surface area (Å²) in [6, 6.07) is 12.4. The Balaban J connectivity index is 1.65. The molecule has 2 aromatic carbocycles. The molecule has 0 saturated carbocycles. The van der Waals surface area contributed by atoms with E-state index in [1.165, 1.54) is 0 Å². The van der Waals surface area contributed by atoms with Crippen LogP contribution in [-0.4, -0.2) is 30.9 Å². The fourth-order valence-corrected chi connectivity index (χ4v) is 3.37. The molecule has 6 nitrogen and oxygen atoms in total. The number of anilines is 2. The number of nitrogens with zero attached hydrogens (tertiary/aromatic N) is 1. The molecule has 0 spiro atoms. The lowest BCUT2D eigenvalue weighted by Crippen LogP contribution is -2.28. The molecule has 1 fully saturated rings. The van der Waals surface area contributed by atoms with Gasteiger partial charge in [-0.25, -0.2) is 4.79 Å². The summed E-state index contributed by atoms with van der Waals surface area (Å²) in [4.78, 5) is 38.4. The molecule has 1 heterocycles. The molecule has 28 heavy (non-hydrogen) atoms. The first-order valence-corrected chi connectivity index (χ1v) is 9.34. The Morgan fingerprint density at radius 1 is 1.14 bits per heavy atom. The third-order valence-electron chi connectivity index (χ3n) is 4.80. The van der Waals surface area contributed by atoms with Crippen LogP contribution < -0.4 is 10.2 Å². The van der Waals surface area contributed by atoms with E-state index in [2.05, 4.69) is 5.32 Å². The van der Waals surface area contributed by atoms with Gasteiger partial charge in [-0.3, -0.25) is 9.59 Å². The number of aryl methyl sites for hydroxylation is 2. The van der Waals surface area contributed by atoms with E-state index >= 15 is 0 Å². The largest absolute Gasteiger partial charge is 0.462 e. The summed E-state index contributed by atoms with van der Waals surface area (Å²) in [6.45, 7) is 6.39. The summed E-state index contributed by atoms with van der Waals surface area (Å²) in [7, 11) is 0. The van der Waals surface area contributed by atoms with Crippen molar-refractivity contribution in [3.63, 3.8) is 0 Å². The van der Waals surface area contributed by atoms with Crippen molar-refractivity contribution in [3.8, 4) is 0 Å². The highest BCUT2D eigenvalue weighted by atomic mass is 16.5. The van der Waals surface area contributed by atoms with Gasteiger partial charge in [-0.15, -0.1) is 0 Å². The van der Waals surface area contributed by atoms with Gasteiger partial charge in [-0.2, -0.15) is 0 Å². The highest BCUT2D eigenvalue weighted by Crippen LogP contribution is 2.29. The zero-order valence-electron chi connectivity index (χ0n) is 16.3. The molecule has 6 heteroatoms. The van der Waals surface area contributed by atoms with Gasteiger partial charge in [0.2, 0.25) is 11.8 Å². The molecule has 3 rings (SSSR count). The Morgan fingerprint density at radius 2 is 1.86 bits per heavy atom. The van der Waals surface area contributed by atoms with Crippen molar-refractivity contribution < 1.29 is 19.1 Å². The molecule has 0 aliphatic carbocycles. The smallest absolute Gasteiger partial charge is 0.338 e. The second-order valence-electron chi connectivity index (χ2n) is 6.98. The summed E-state index contributed by atoms with van der Waals surface area (Å²) in [5, 5.41) is 2.83. The number of ether oxygens (including phenoxy) is 1. The van der Waals surface area contributed by atoms with Crippen LogP contribution in [0.2, 0.25) is 0 Å². The van der Waals surface area contributed by atoms with Crippen LogP contribution in [0.25, 0.3) is 0 Å². The monoisotopic (exact) mass is 380 g/mol. The van der Waals surface area contributed by atoms with Crippen LogP contribution >= 0.6 is 0 Å². The SMILES string of the molecule is CCOC(=O)c1ccc(NC(=O)C2CC(=O)N(c3ccc(C)cc3C)C2)cc1. The van der Waals surface area contributed by atoms with Crippen LogP contribution in [0.5, 0.6) is 0 Å². The van der Waals surface area contributed by atoms with Crippen LogP contribution in [0.1, 0.15) is 34.8 Å². The van der Waals surface area contributed by atoms with E-state index in [-0.39, 0.29) is 18.2 Å². The minimum Gasteiger partial charge on any atom is -0.462 e. The fourth-order valence-electron chi connectivity index (χ4n) is 3.37. The van der Waals surface area contributed by atoms with Crippen molar-refractivity contribution >= 4 is 29.2 Å². The number of rotatable bonds is 5. The normalized spacial score (nSPS) is 16.2. The van der Waals surface area contributed by atoms with E-state index in [4.69, 9.17) is 4.74 Å². The van der Waals surface area contributed by atoms with Gasteiger partial charge in [0.1, 0.15) is 0 Å². The number of hydrogen-bond acceptors (Lipinski definition) is 4. The van der Waals surface area contributed by atoms with Crippen molar-refractivity contribution in [2.75, 3.05) is 23.4 Å². The number of nitrogens with one attached hydrogen (secondary N) is 1. The predicted octanol–water partition coefficient (Wildman–Crippen LogP) is 3.47. The number of esters is 1. The molecule has 2 amide bonds. The molecule has 0 aromatic heterocycles. The lowest BCUT2D eigenvalue weighted by atomic mass is 10.1. The van der Waals surface area contributed by atoms with Gasteiger partial charge in [-0.05, 0) is 56.7 Å². The minimum absolute atomic E-state index is 0.0511. The van der Waals surface area contributed by atoms with E-state index in [0.29, 0.717) is 24.4 Å². The maximum Gasteiger partial charge on any atom is 0.338 e. The van der Waals surface area contributed by atoms with Gasteiger partial charge in [0.05, 0.1) is 18.1 Å². The number of hydrogen-bond donors (Lipinski definition) is 1. The highest BCUT2D eigenvalue weighted by Gasteiger charge is 2.35. The van der Waals surface area contributed by atoms with E-state index in [0.717, 1.165) is 16.8 Å². The summed E-state index contributed by atoms with van der Waals surface area (Å²) >= 11 is 0. The molecular formula is C22H24N2O4. The Labute approximate surface area is 164 Å². The van der Waals surface area contributed by atoms with Gasteiger partial charge >= 0.3 is 5.97 Å². The minimum atomic E-state index is -0.419. The lowest BCUT2D eigenvalue weighted by molar-refractivity contribution is -0.122. The zero-order valence-corrected chi connectivity index (χ0v) is 16.3. The summed E-state index contributed by atoms with van der Waals surface area (Å²) in [5.74, 6) is -1.07. The molecule has 1 aliphatic heterocycles. The number of benzene rings is 2. The summed E-state index contributed by atoms with van der Waals surface area (Å²) in [6.07, 6.45) is 0.181. The standard InChI is InChI=1S/C22H24N2O4/c1-4-28-22(27)16-6-8-18(9-7-16)23-21(26)17-12-20(25)24(13-17)19-10-5-14(2)11-15(19)3/h5-11,17H,4,12-13H2,1-3H3,(H,23,26). The topological polar surface area (TPSA) is 75.7 Å². The van der Waals surface area contributed by atoms with Gasteiger partial charge in [0.15, 0.2) is 0 Å². The molecule has 1 saturated heterocycles. The van der Waals surface area contributed by atoms with Crippen LogP contribution in [0, 0.1) is 19.8 Å². The van der Waals surface area contributed by atoms with Crippen molar-refractivity contribution in [1.82, 2.24) is 0 Å². The van der Waals surface area contributed by atoms with E-state index in [9.17, 15) is 14.4 Å². The first-order chi connectivity index (χ1) is 13.4. The van der Waals surface area contributed by atoms with E-state index in [1.807, 2.05) is 32.0 Å². The second kappa shape index (κ2) is 8.25. The molecule has 0 bridgehead atoms. The van der Waals surface area contributed by atoms with Crippen molar-refractivity contribution in [2.45, 2.75) is 27.2 Å². The maximum atomic E-state index is 12.6. The lowest BCUT2D eigenvalue weighted by Gasteiger charge is -2.19. The van der Waals surface area contributed by atoms with Gasteiger partial charge in [0.25, 0.3) is 0 Å². The van der Waals surface area contributed by atoms with Gasteiger partial charge < -0.3 is 15.0 Å². The summed E-state index contributed by atoms with van der Waals surface area (Å²) < 4.78 is 4.94. The number of carbonyl (C=O) groups excluding carboxylic acids is 3. The fraction of sp³-hybridized carbons (Fsp3) is 0.318. The van der Waals surface area contributed by atoms with Crippen molar-refractivity contribution in [2.24, 2.45) is 5.92 Å². The molecule has 1 unspecified atom stereocenters. The molecule has 2 aromatic rings. The van der Waals surface area contributed by atoms with Crippen LogP contribution in [0.3, 0.4) is 0 Å². The predicted molar refractivity (Wildman–Crippen MR) is 107 cm³/mol. The maximum absolute atomic E-state index is 12.6. The Morgan fingerprint density at radius 3 is 2.50 bits per heavy atom. The quantitative estimate of drug-likeness (QED) is 0.806. The average molecular weight is 380 g/mol. The summed E-state index contributed by atoms with van der Waals surface area (Å²) in [5.41, 5.74) is 4.01. The van der Waals surface area contributed by atoms with Crippen LogP contribution in [0.15, 0.2) is 42.5 Å². The number of carbonyl (C=O) groups is 3. The molecule has 1 atom stereocenters. The molecule has 1 aliphatic rings. The molecular weight excluding hydrogens is 356 g/mol. The van der Waals surface area contributed by atoms with Crippen LogP contribution in [0.4, 0.5) is 11.4 Å². The van der Waals surface area contributed by atoms with Gasteiger partial charge in [0, 0.05) is 24.3 Å². The Kier molecular flexibility index (Phi) is 5.78. The third-order valence-corrected chi connectivity index (χ3v) is 4.80. The second-order valence-corrected chi connectivity index (χ2v) is 6.98. The molecule has 0 radical (unpaired) electrons. The van der Waals surface area contributed by atoms with Gasteiger partial charge in [-0.1, -0.05) is 17.7 Å². The highest BCUT2D eigenvalue weighted by molar-refractivity contribution is 6.04. The van der Waals surface area contributed by atoms with E-state index < -0.39 is 11.9 Å². The Hall–Kier alpha value is -3.15. The number of amides is 2. The molecule has 1 N–H and O–H groups in total. The third kappa shape index (κ3) is 4.22. The Bertz CT molecular complexity index is 905. The van der Waals surface area contributed by atoms with Crippen molar-refractivity contribution in [1.29, 1.82) is 0 Å². The van der Waals surface area contributed by atoms with Crippen molar-refractivity contribution in [3.05, 3.63) is 59.2 Å². The van der Waals surface area contributed by atoms with Crippen LogP contribution in [-0.2, 0) is 14.3 Å². The first kappa shape index (κ1) is 19.6. The average Bonchev–Trinajstić information content (AvgIpc) is 3.04. The first-order valence-electron chi connectivity index (χ1n) is 9.34. The zero-order chi connectivity index (χ0) is 20.3.